The van der Waals surface area contributed by atoms with Crippen LogP contribution in [0.2, 0.25) is 0 Å². The molecular formula is H5AlFKO2Si. The van der Waals surface area contributed by atoms with Gasteiger partial charge in [0, 0.05) is 0 Å². The van der Waals surface area contributed by atoms with E-state index in [9.17, 15) is 4.11 Å². The van der Waals surface area contributed by atoms with Crippen LogP contribution in [0.3, 0.4) is 0 Å². The van der Waals surface area contributed by atoms with Crippen molar-refractivity contribution >= 4 is 78.0 Å². The van der Waals surface area contributed by atoms with Gasteiger partial charge in [-0.2, -0.15) is 4.11 Å². The van der Waals surface area contributed by atoms with Crippen LogP contribution in [0, 0.1) is 0 Å². The number of rotatable bonds is 0. The Hall–Kier alpha value is 1.92. The van der Waals surface area contributed by atoms with Crippen molar-refractivity contribution in [1.82, 2.24) is 0 Å². The van der Waals surface area contributed by atoms with E-state index in [0.717, 1.165) is 0 Å². The summed E-state index contributed by atoms with van der Waals surface area (Å²) in [4.78, 5) is 6.94. The van der Waals surface area contributed by atoms with Crippen molar-refractivity contribution in [3.05, 3.63) is 0 Å². The van der Waals surface area contributed by atoms with Crippen LogP contribution in [-0.4, -0.2) is 82.8 Å². The molecule has 6 heteroatoms. The van der Waals surface area contributed by atoms with Crippen LogP contribution in [-0.2, 0) is 4.46 Å². The first kappa shape index (κ1) is 15.7. The molecule has 0 aliphatic rings. The summed E-state index contributed by atoms with van der Waals surface area (Å²) in [6.07, 6.45) is 0. The minimum absolute atomic E-state index is 0. The van der Waals surface area contributed by atoms with Gasteiger partial charge in [0.15, 0.2) is 17.4 Å². The molecular weight excluding hydrogens is 145 g/mol. The third kappa shape index (κ3) is 39.0. The van der Waals surface area contributed by atoms with Crippen molar-refractivity contribution in [2.24, 2.45) is 0 Å². The van der Waals surface area contributed by atoms with Crippen LogP contribution >= 0.6 is 0 Å². The van der Waals surface area contributed by atoms with Gasteiger partial charge in [0.2, 0.25) is 0 Å². The van der Waals surface area contributed by atoms with Gasteiger partial charge in [0.05, 0.1) is 0 Å². The van der Waals surface area contributed by atoms with Crippen molar-refractivity contribution in [2.75, 3.05) is 0 Å². The third-order valence-electron chi connectivity index (χ3n) is 0. The molecule has 1 N–H and O–H groups in total. The molecule has 0 aliphatic carbocycles. The Labute approximate surface area is 89.6 Å². The van der Waals surface area contributed by atoms with Crippen LogP contribution in [0.5, 0.6) is 0 Å². The fourth-order valence-electron chi connectivity index (χ4n) is 0. The van der Waals surface area contributed by atoms with Crippen LogP contribution < -0.4 is 0 Å². The standard InChI is InChI=1S/Al.FHO2Si.K.4H/c;1-4(2)3;;;;;/h;2H;;;;;. The third-order valence-corrected chi connectivity index (χ3v) is 0. The van der Waals surface area contributed by atoms with Crippen LogP contribution in [0.4, 0.5) is 4.11 Å². The van der Waals surface area contributed by atoms with Crippen LogP contribution in [0.1, 0.15) is 0 Å². The molecule has 0 radical (unpaired) electrons. The van der Waals surface area contributed by atoms with Crippen molar-refractivity contribution in [2.45, 2.75) is 0 Å². The maximum absolute atomic E-state index is 10.1. The van der Waals surface area contributed by atoms with Gasteiger partial charge in [-0.1, -0.05) is 0 Å². The summed E-state index contributed by atoms with van der Waals surface area (Å²) in [6, 6.07) is 0. The molecule has 0 fully saturated rings. The van der Waals surface area contributed by atoms with E-state index in [0.29, 0.717) is 0 Å². The first-order chi connectivity index (χ1) is 1.73. The molecule has 0 heterocycles. The molecule has 0 rings (SSSR count). The molecule has 0 aromatic carbocycles. The molecule has 32 valence electrons. The Morgan fingerprint density at radius 2 is 1.67 bits per heavy atom. The summed E-state index contributed by atoms with van der Waals surface area (Å²) in [7, 11) is -3.63. The van der Waals surface area contributed by atoms with Crippen LogP contribution in [0.15, 0.2) is 0 Å². The van der Waals surface area contributed by atoms with Gasteiger partial charge in [-0.05, 0) is 0 Å². The first-order valence-electron chi connectivity index (χ1n) is 0.617. The average Bonchev–Trinajstić information content (AvgIpc) is 0.811. The maximum atomic E-state index is 10.1. The van der Waals surface area contributed by atoms with E-state index in [1.54, 1.807) is 0 Å². The zero-order chi connectivity index (χ0) is 3.58. The predicted octanol–water partition coefficient (Wildman–Crippen LogP) is -2.47. The van der Waals surface area contributed by atoms with Gasteiger partial charge in [-0.25, -0.2) is 0 Å². The SMILES string of the molecule is O=[Si](O)F.[AlH3].[KH]. The second-order valence-corrected chi connectivity index (χ2v) is 0.759. The fourth-order valence-corrected chi connectivity index (χ4v) is 0. The second kappa shape index (κ2) is 10.0. The summed E-state index contributed by atoms with van der Waals surface area (Å²) < 4.78 is 18.6. The quantitative estimate of drug-likeness (QED) is 0.307. The Bertz CT molecular complexity index is 36.5. The van der Waals surface area contributed by atoms with E-state index >= 15 is 0 Å². The normalized spacial score (nSPS) is 4.17. The van der Waals surface area contributed by atoms with Crippen LogP contribution in [0.25, 0.3) is 0 Å². The molecule has 0 bridgehead atoms. The van der Waals surface area contributed by atoms with Crippen molar-refractivity contribution in [3.63, 3.8) is 0 Å². The Kier molecular flexibility index (Phi) is 26.2. The monoisotopic (exact) mass is 150 g/mol. The second-order valence-electron chi connectivity index (χ2n) is 0.253. The topological polar surface area (TPSA) is 37.3 Å². The van der Waals surface area contributed by atoms with E-state index in [4.69, 9.17) is 9.26 Å². The fraction of sp³-hybridized carbons (Fsp3) is 0. The van der Waals surface area contributed by atoms with E-state index in [1.807, 2.05) is 0 Å². The molecule has 0 saturated carbocycles. The molecule has 0 saturated heterocycles. The molecule has 6 heavy (non-hydrogen) atoms. The molecule has 0 aromatic heterocycles. The number of hydrogen-bond acceptors (Lipinski definition) is 1. The number of hydrogen-bond donors (Lipinski definition) is 1. The predicted molar refractivity (Wildman–Crippen MR) is 26.9 cm³/mol. The molecule has 0 unspecified atom stereocenters. The average molecular weight is 150 g/mol. The zero-order valence-electron chi connectivity index (χ0n) is 1.73. The van der Waals surface area contributed by atoms with Crippen molar-refractivity contribution in [3.8, 4) is 0 Å². The summed E-state index contributed by atoms with van der Waals surface area (Å²) in [5.74, 6) is 0. The summed E-state index contributed by atoms with van der Waals surface area (Å²) in [5, 5.41) is 0. The summed E-state index contributed by atoms with van der Waals surface area (Å²) in [5.41, 5.74) is 0. The van der Waals surface area contributed by atoms with E-state index in [2.05, 4.69) is 0 Å². The van der Waals surface area contributed by atoms with Crippen molar-refractivity contribution in [1.29, 1.82) is 0 Å². The first-order valence-corrected chi connectivity index (χ1v) is 1.85. The molecule has 2 nitrogen and oxygen atoms in total. The molecule has 0 amide bonds. The Morgan fingerprint density at radius 1 is 1.67 bits per heavy atom. The van der Waals surface area contributed by atoms with Gasteiger partial charge < -0.3 is 4.80 Å². The molecule has 0 aromatic rings. The zero-order valence-corrected chi connectivity index (χ0v) is 2.73. The van der Waals surface area contributed by atoms with E-state index in [-0.39, 0.29) is 68.7 Å². The van der Waals surface area contributed by atoms with Gasteiger partial charge in [0.1, 0.15) is 0 Å². The number of halogens is 1. The Morgan fingerprint density at radius 3 is 1.67 bits per heavy atom. The van der Waals surface area contributed by atoms with Gasteiger partial charge in [-0.15, -0.1) is 0 Å². The van der Waals surface area contributed by atoms with Gasteiger partial charge in [-0.3, -0.25) is 4.46 Å². The molecule has 0 atom stereocenters. The minimum atomic E-state index is -3.63. The molecule has 0 spiro atoms. The van der Waals surface area contributed by atoms with Crippen molar-refractivity contribution < 1.29 is 13.4 Å². The van der Waals surface area contributed by atoms with Gasteiger partial charge in [0.25, 0.3) is 0 Å². The van der Waals surface area contributed by atoms with E-state index < -0.39 is 9.26 Å². The summed E-state index contributed by atoms with van der Waals surface area (Å²) in [6.45, 7) is 0. The molecule has 0 aliphatic heterocycles. The Balaban J connectivity index is -0.0000000450. The van der Waals surface area contributed by atoms with Gasteiger partial charge >= 0.3 is 60.6 Å². The summed E-state index contributed by atoms with van der Waals surface area (Å²) >= 11 is 0. The van der Waals surface area contributed by atoms with E-state index in [1.165, 1.54) is 0 Å².